The molecule has 1 saturated heterocycles. The van der Waals surface area contributed by atoms with Crippen LogP contribution < -0.4 is 9.80 Å². The summed E-state index contributed by atoms with van der Waals surface area (Å²) in [5.41, 5.74) is 0. The first kappa shape index (κ1) is 17.4. The molecule has 2 aromatic heterocycles. The van der Waals surface area contributed by atoms with Gasteiger partial charge in [0.1, 0.15) is 6.10 Å². The van der Waals surface area contributed by atoms with E-state index in [4.69, 9.17) is 9.47 Å². The molecule has 3 heterocycles. The maximum Gasteiger partial charge on any atom is 0.227 e. The van der Waals surface area contributed by atoms with E-state index >= 15 is 0 Å². The van der Waals surface area contributed by atoms with Gasteiger partial charge < -0.3 is 19.3 Å². The highest BCUT2D eigenvalue weighted by Gasteiger charge is 2.28. The van der Waals surface area contributed by atoms with Gasteiger partial charge in [0.15, 0.2) is 17.5 Å². The number of morpholine rings is 1. The fourth-order valence-corrected chi connectivity index (χ4v) is 2.58. The normalized spacial score (nSPS) is 17.8. The lowest BCUT2D eigenvalue weighted by molar-refractivity contribution is 0.0294. The van der Waals surface area contributed by atoms with Gasteiger partial charge in [0.25, 0.3) is 0 Å². The van der Waals surface area contributed by atoms with Crippen LogP contribution in [0, 0.1) is 5.82 Å². The highest BCUT2D eigenvalue weighted by atomic mass is 19.1. The molecule has 0 amide bonds. The van der Waals surface area contributed by atoms with Crippen LogP contribution in [0.3, 0.4) is 0 Å². The lowest BCUT2D eigenvalue weighted by atomic mass is 10.2. The number of ether oxygens (including phenoxy) is 2. The first-order chi connectivity index (χ1) is 12.1. The fraction of sp³-hybridized carbons (Fsp3) is 0.643. The zero-order valence-electron chi connectivity index (χ0n) is 14.5. The monoisotopic (exact) mass is 352 g/mol. The van der Waals surface area contributed by atoms with Crippen LogP contribution in [0.2, 0.25) is 0 Å². The summed E-state index contributed by atoms with van der Waals surface area (Å²) in [6.45, 7) is 2.60. The summed E-state index contributed by atoms with van der Waals surface area (Å²) in [6, 6.07) is 0. The van der Waals surface area contributed by atoms with Gasteiger partial charge in [0.05, 0.1) is 32.5 Å². The van der Waals surface area contributed by atoms with Crippen LogP contribution in [-0.2, 0) is 16.0 Å². The Morgan fingerprint density at radius 1 is 1.44 bits per heavy atom. The van der Waals surface area contributed by atoms with Crippen molar-refractivity contribution >= 4 is 11.8 Å². The molecule has 1 aliphatic rings. The molecule has 2 aromatic rings. The van der Waals surface area contributed by atoms with Gasteiger partial charge in [-0.3, -0.25) is 0 Å². The zero-order chi connectivity index (χ0) is 17.8. The summed E-state index contributed by atoms with van der Waals surface area (Å²) in [5.74, 6) is 0.867. The van der Waals surface area contributed by atoms with Crippen molar-refractivity contribution in [2.75, 3.05) is 57.3 Å². The summed E-state index contributed by atoms with van der Waals surface area (Å²) in [4.78, 5) is 12.0. The molecule has 3 rings (SSSR count). The Morgan fingerprint density at radius 3 is 3.04 bits per heavy atom. The number of rotatable bonds is 6. The minimum Gasteiger partial charge on any atom is -0.383 e. The van der Waals surface area contributed by atoms with E-state index in [2.05, 4.69) is 25.5 Å². The maximum absolute atomic E-state index is 13.8. The van der Waals surface area contributed by atoms with Crippen molar-refractivity contribution < 1.29 is 13.9 Å². The molecule has 0 saturated carbocycles. The minimum atomic E-state index is -0.456. The fourth-order valence-electron chi connectivity index (χ4n) is 2.58. The van der Waals surface area contributed by atoms with Crippen LogP contribution in [0.1, 0.15) is 11.9 Å². The number of tetrazole rings is 1. The number of anilines is 2. The summed E-state index contributed by atoms with van der Waals surface area (Å²) < 4.78 is 26.3. The van der Waals surface area contributed by atoms with Crippen LogP contribution >= 0.6 is 0 Å². The average Bonchev–Trinajstić information content (AvgIpc) is 3.08. The van der Waals surface area contributed by atoms with Crippen LogP contribution in [0.4, 0.5) is 16.2 Å². The molecule has 10 nitrogen and oxygen atoms in total. The van der Waals surface area contributed by atoms with E-state index in [0.29, 0.717) is 44.6 Å². The van der Waals surface area contributed by atoms with E-state index in [-0.39, 0.29) is 11.9 Å². The number of hydrogen-bond donors (Lipinski definition) is 0. The Morgan fingerprint density at radius 2 is 2.28 bits per heavy atom. The van der Waals surface area contributed by atoms with Crippen molar-refractivity contribution in [3.63, 3.8) is 0 Å². The molecule has 0 unspecified atom stereocenters. The van der Waals surface area contributed by atoms with Gasteiger partial charge in [-0.2, -0.15) is 4.98 Å². The lowest BCUT2D eigenvalue weighted by Gasteiger charge is -2.32. The highest BCUT2D eigenvalue weighted by Crippen LogP contribution is 2.24. The van der Waals surface area contributed by atoms with Crippen LogP contribution in [0.25, 0.3) is 0 Å². The number of halogens is 1. The maximum atomic E-state index is 13.8. The van der Waals surface area contributed by atoms with Crippen molar-refractivity contribution in [2.24, 2.45) is 0 Å². The summed E-state index contributed by atoms with van der Waals surface area (Å²) in [6.07, 6.45) is 0.863. The van der Waals surface area contributed by atoms with Crippen molar-refractivity contribution in [2.45, 2.75) is 12.6 Å². The van der Waals surface area contributed by atoms with Gasteiger partial charge in [0.2, 0.25) is 5.95 Å². The predicted octanol–water partition coefficient (Wildman–Crippen LogP) is -0.107. The molecule has 11 heteroatoms. The Labute approximate surface area is 144 Å². The Bertz CT molecular complexity index is 710. The molecule has 0 bridgehead atoms. The van der Waals surface area contributed by atoms with Crippen LogP contribution in [-0.4, -0.2) is 77.7 Å². The first-order valence-corrected chi connectivity index (χ1v) is 7.91. The van der Waals surface area contributed by atoms with E-state index in [0.717, 1.165) is 0 Å². The van der Waals surface area contributed by atoms with Gasteiger partial charge in [-0.15, -0.1) is 5.10 Å². The van der Waals surface area contributed by atoms with Gasteiger partial charge >= 0.3 is 0 Å². The summed E-state index contributed by atoms with van der Waals surface area (Å²) in [5, 5.41) is 11.7. The number of aromatic nitrogens is 6. The number of methoxy groups -OCH3 is 1. The Kier molecular flexibility index (Phi) is 5.34. The first-order valence-electron chi connectivity index (χ1n) is 7.91. The van der Waals surface area contributed by atoms with Crippen molar-refractivity contribution in [1.82, 2.24) is 30.2 Å². The van der Waals surface area contributed by atoms with E-state index < -0.39 is 5.82 Å². The predicted molar refractivity (Wildman–Crippen MR) is 86.9 cm³/mol. The minimum absolute atomic E-state index is 0.248. The van der Waals surface area contributed by atoms with Gasteiger partial charge in [-0.05, 0) is 10.4 Å². The average molecular weight is 352 g/mol. The molecule has 0 aromatic carbocycles. The van der Waals surface area contributed by atoms with Crippen molar-refractivity contribution in [1.29, 1.82) is 0 Å². The quantitative estimate of drug-likeness (QED) is 0.706. The standard InChI is InChI=1S/C14H21FN8O2/c1-21(2)12-10(15)8-16-14(17-12)22-4-7-25-11(9-22)13-18-19-20-23(13)5-6-24-3/h8,11H,4-7,9H2,1-3H3/t11-/m1/s1. The number of nitrogens with zero attached hydrogens (tertiary/aromatic N) is 8. The summed E-state index contributed by atoms with van der Waals surface area (Å²) in [7, 11) is 5.10. The van der Waals surface area contributed by atoms with Crippen molar-refractivity contribution in [3.05, 3.63) is 17.8 Å². The molecular weight excluding hydrogens is 331 g/mol. The third-order valence-corrected chi connectivity index (χ3v) is 3.84. The molecular formula is C14H21FN8O2. The Hall–Kier alpha value is -2.40. The molecule has 25 heavy (non-hydrogen) atoms. The van der Waals surface area contributed by atoms with E-state index in [1.165, 1.54) is 6.20 Å². The van der Waals surface area contributed by atoms with Gasteiger partial charge in [-0.1, -0.05) is 0 Å². The van der Waals surface area contributed by atoms with E-state index in [9.17, 15) is 4.39 Å². The van der Waals surface area contributed by atoms with Crippen LogP contribution in [0.5, 0.6) is 0 Å². The second-order valence-electron chi connectivity index (χ2n) is 5.79. The molecule has 0 radical (unpaired) electrons. The molecule has 0 N–H and O–H groups in total. The third-order valence-electron chi connectivity index (χ3n) is 3.84. The van der Waals surface area contributed by atoms with E-state index in [1.54, 1.807) is 30.8 Å². The molecule has 1 fully saturated rings. The highest BCUT2D eigenvalue weighted by molar-refractivity contribution is 5.44. The van der Waals surface area contributed by atoms with Gasteiger partial charge in [0, 0.05) is 27.7 Å². The zero-order valence-corrected chi connectivity index (χ0v) is 14.5. The second kappa shape index (κ2) is 7.66. The Balaban J connectivity index is 1.78. The molecule has 0 aliphatic carbocycles. The summed E-state index contributed by atoms with van der Waals surface area (Å²) >= 11 is 0. The molecule has 0 spiro atoms. The molecule has 1 atom stereocenters. The third kappa shape index (κ3) is 3.82. The number of hydrogen-bond acceptors (Lipinski definition) is 9. The molecule has 1 aliphatic heterocycles. The topological polar surface area (TPSA) is 94.3 Å². The van der Waals surface area contributed by atoms with Crippen molar-refractivity contribution in [3.8, 4) is 0 Å². The van der Waals surface area contributed by atoms with E-state index in [1.807, 2.05) is 4.90 Å². The SMILES string of the molecule is COCCn1nnnc1[C@H]1CN(c2ncc(F)c(N(C)C)n2)CCO1. The van der Waals surface area contributed by atoms with Gasteiger partial charge in [-0.25, -0.2) is 14.1 Å². The second-order valence-corrected chi connectivity index (χ2v) is 5.79. The van der Waals surface area contributed by atoms with Crippen LogP contribution in [0.15, 0.2) is 6.20 Å². The smallest absolute Gasteiger partial charge is 0.227 e. The lowest BCUT2D eigenvalue weighted by Crippen LogP contribution is -2.40. The largest absolute Gasteiger partial charge is 0.383 e. The molecule has 136 valence electrons.